The van der Waals surface area contributed by atoms with Crippen LogP contribution in [0, 0.1) is 11.8 Å². The van der Waals surface area contributed by atoms with Gasteiger partial charge in [0.05, 0.1) is 0 Å². The molecule has 0 radical (unpaired) electrons. The Bertz CT molecular complexity index is 132. The van der Waals surface area contributed by atoms with Gasteiger partial charge in [0.25, 0.3) is 0 Å². The van der Waals surface area contributed by atoms with Crippen LogP contribution < -0.4 is 0 Å². The Morgan fingerprint density at radius 3 is 2.58 bits per heavy atom. The van der Waals surface area contributed by atoms with E-state index in [1.807, 2.05) is 13.8 Å². The molecule has 0 spiro atoms. The van der Waals surface area contributed by atoms with Crippen molar-refractivity contribution in [3.05, 3.63) is 0 Å². The highest BCUT2D eigenvalue weighted by Gasteiger charge is 2.33. The lowest BCUT2D eigenvalue weighted by molar-refractivity contribution is 0.0695. The van der Waals surface area contributed by atoms with Crippen LogP contribution in [0.2, 0.25) is 0 Å². The van der Waals surface area contributed by atoms with E-state index in [2.05, 4.69) is 0 Å². The number of hydrogen-bond acceptors (Lipinski definition) is 0. The van der Waals surface area contributed by atoms with Gasteiger partial charge in [0.15, 0.2) is 0 Å². The van der Waals surface area contributed by atoms with E-state index in [9.17, 15) is 8.78 Å². The molecular weight excluding hydrogens is 158 g/mol. The first-order chi connectivity index (χ1) is 5.65. The lowest BCUT2D eigenvalue weighted by Gasteiger charge is -2.32. The van der Waals surface area contributed by atoms with Gasteiger partial charge in [0, 0.05) is 0 Å². The predicted octanol–water partition coefficient (Wildman–Crippen LogP) is 3.51. The Morgan fingerprint density at radius 1 is 1.33 bits per heavy atom. The van der Waals surface area contributed by atoms with E-state index in [1.165, 1.54) is 0 Å². The van der Waals surface area contributed by atoms with Gasteiger partial charge in [-0.05, 0) is 31.1 Å². The van der Waals surface area contributed by atoms with E-state index in [4.69, 9.17) is 0 Å². The summed E-state index contributed by atoms with van der Waals surface area (Å²) in [6.07, 6.45) is 0.737. The summed E-state index contributed by atoms with van der Waals surface area (Å²) in [4.78, 5) is 0. The molecule has 1 aliphatic carbocycles. The minimum atomic E-state index is -0.757. The monoisotopic (exact) mass is 176 g/mol. The average Bonchev–Trinajstić information content (AvgIpc) is 2.08. The van der Waals surface area contributed by atoms with Crippen LogP contribution >= 0.6 is 0 Å². The summed E-state index contributed by atoms with van der Waals surface area (Å²) >= 11 is 0. The maximum absolute atomic E-state index is 13.3. The average molecular weight is 176 g/mol. The molecule has 0 amide bonds. The van der Waals surface area contributed by atoms with Crippen molar-refractivity contribution in [1.29, 1.82) is 0 Å². The fourth-order valence-electron chi connectivity index (χ4n) is 2.01. The maximum atomic E-state index is 13.3. The number of rotatable bonds is 2. The molecule has 1 saturated carbocycles. The van der Waals surface area contributed by atoms with Crippen LogP contribution in [0.4, 0.5) is 8.78 Å². The first kappa shape index (κ1) is 9.94. The fourth-order valence-corrected chi connectivity index (χ4v) is 2.01. The second kappa shape index (κ2) is 4.20. The molecule has 0 aromatic carbocycles. The summed E-state index contributed by atoms with van der Waals surface area (Å²) in [5.41, 5.74) is 0. The molecular formula is C10H18F2. The Balaban J connectivity index is 2.48. The van der Waals surface area contributed by atoms with Gasteiger partial charge >= 0.3 is 0 Å². The molecule has 0 aromatic heterocycles. The van der Waals surface area contributed by atoms with E-state index >= 15 is 0 Å². The van der Waals surface area contributed by atoms with E-state index in [0.29, 0.717) is 25.2 Å². The van der Waals surface area contributed by atoms with Crippen molar-refractivity contribution in [3.63, 3.8) is 0 Å². The molecule has 0 aromatic rings. The lowest BCUT2D eigenvalue weighted by Crippen LogP contribution is -2.31. The number of halogens is 2. The molecule has 72 valence electrons. The van der Waals surface area contributed by atoms with Crippen molar-refractivity contribution in [3.8, 4) is 0 Å². The molecule has 0 aliphatic heterocycles. The molecule has 12 heavy (non-hydrogen) atoms. The lowest BCUT2D eigenvalue weighted by atomic mass is 9.78. The Morgan fingerprint density at radius 2 is 2.00 bits per heavy atom. The van der Waals surface area contributed by atoms with Crippen molar-refractivity contribution >= 4 is 0 Å². The van der Waals surface area contributed by atoms with Gasteiger partial charge < -0.3 is 0 Å². The first-order valence-corrected chi connectivity index (χ1v) is 4.93. The van der Waals surface area contributed by atoms with Crippen molar-refractivity contribution in [2.75, 3.05) is 0 Å². The van der Waals surface area contributed by atoms with Gasteiger partial charge in [-0.1, -0.05) is 20.3 Å². The topological polar surface area (TPSA) is 0 Å². The fraction of sp³-hybridized carbons (Fsp3) is 1.00. The Kier molecular flexibility index (Phi) is 3.48. The third-order valence-electron chi connectivity index (χ3n) is 3.12. The molecule has 0 N–H and O–H groups in total. The molecule has 1 rings (SSSR count). The largest absolute Gasteiger partial charge is 0.247 e. The van der Waals surface area contributed by atoms with Gasteiger partial charge in [-0.15, -0.1) is 0 Å². The Labute approximate surface area is 73.3 Å². The van der Waals surface area contributed by atoms with Crippen LogP contribution in [0.25, 0.3) is 0 Å². The zero-order valence-electron chi connectivity index (χ0n) is 7.89. The third kappa shape index (κ3) is 2.18. The van der Waals surface area contributed by atoms with Crippen LogP contribution in [-0.2, 0) is 0 Å². The van der Waals surface area contributed by atoms with Gasteiger partial charge in [0.2, 0.25) is 0 Å². The van der Waals surface area contributed by atoms with Crippen LogP contribution in [0.5, 0.6) is 0 Å². The summed E-state index contributed by atoms with van der Waals surface area (Å²) < 4.78 is 26.2. The quantitative estimate of drug-likeness (QED) is 0.604. The van der Waals surface area contributed by atoms with Gasteiger partial charge in [-0.2, -0.15) is 0 Å². The molecule has 2 unspecified atom stereocenters. The zero-order valence-corrected chi connectivity index (χ0v) is 7.89. The second-order valence-electron chi connectivity index (χ2n) is 3.98. The van der Waals surface area contributed by atoms with E-state index in [-0.39, 0.29) is 5.92 Å². The minimum Gasteiger partial charge on any atom is -0.247 e. The SMILES string of the molecule is CCC(C)[C@H]1C[C@@H](F)CCC1F. The van der Waals surface area contributed by atoms with Crippen LogP contribution in [0.3, 0.4) is 0 Å². The zero-order chi connectivity index (χ0) is 9.14. The summed E-state index contributed by atoms with van der Waals surface area (Å²) in [5, 5.41) is 0. The van der Waals surface area contributed by atoms with Gasteiger partial charge in [-0.25, -0.2) is 8.78 Å². The first-order valence-electron chi connectivity index (χ1n) is 4.93. The summed E-state index contributed by atoms with van der Waals surface area (Å²) in [6.45, 7) is 4.06. The summed E-state index contributed by atoms with van der Waals surface area (Å²) in [6, 6.07) is 0. The standard InChI is InChI=1S/C10H18F2/c1-3-7(2)9-6-8(11)4-5-10(9)12/h7-10H,3-6H2,1-2H3/t7?,8-,9+,10?/m0/s1. The second-order valence-corrected chi connectivity index (χ2v) is 3.98. The minimum absolute atomic E-state index is 0.0289. The highest BCUT2D eigenvalue weighted by atomic mass is 19.1. The van der Waals surface area contributed by atoms with Gasteiger partial charge in [-0.3, -0.25) is 0 Å². The molecule has 1 fully saturated rings. The van der Waals surface area contributed by atoms with Crippen molar-refractivity contribution in [1.82, 2.24) is 0 Å². The summed E-state index contributed by atoms with van der Waals surface area (Å²) in [5.74, 6) is 0.303. The van der Waals surface area contributed by atoms with Crippen molar-refractivity contribution < 1.29 is 8.78 Å². The molecule has 2 heteroatoms. The molecule has 0 bridgehead atoms. The third-order valence-corrected chi connectivity index (χ3v) is 3.12. The van der Waals surface area contributed by atoms with Gasteiger partial charge in [0.1, 0.15) is 12.3 Å². The van der Waals surface area contributed by atoms with Crippen LogP contribution in [0.15, 0.2) is 0 Å². The predicted molar refractivity (Wildman–Crippen MR) is 46.6 cm³/mol. The van der Waals surface area contributed by atoms with E-state index in [1.54, 1.807) is 0 Å². The van der Waals surface area contributed by atoms with Crippen molar-refractivity contribution in [2.24, 2.45) is 11.8 Å². The highest BCUT2D eigenvalue weighted by Crippen LogP contribution is 2.35. The van der Waals surface area contributed by atoms with E-state index in [0.717, 1.165) is 6.42 Å². The normalized spacial score (nSPS) is 39.5. The van der Waals surface area contributed by atoms with Crippen LogP contribution in [-0.4, -0.2) is 12.3 Å². The van der Waals surface area contributed by atoms with E-state index < -0.39 is 12.3 Å². The molecule has 0 heterocycles. The summed E-state index contributed by atoms with van der Waals surface area (Å²) in [7, 11) is 0. The highest BCUT2D eigenvalue weighted by molar-refractivity contribution is 4.82. The maximum Gasteiger partial charge on any atom is 0.103 e. The molecule has 1 aliphatic rings. The van der Waals surface area contributed by atoms with Crippen LogP contribution in [0.1, 0.15) is 39.5 Å². The molecule has 0 nitrogen and oxygen atoms in total. The number of hydrogen-bond donors (Lipinski definition) is 0. The number of alkyl halides is 2. The molecule has 4 atom stereocenters. The van der Waals surface area contributed by atoms with Crippen molar-refractivity contribution in [2.45, 2.75) is 51.9 Å². The smallest absolute Gasteiger partial charge is 0.103 e. The Hall–Kier alpha value is -0.140. The molecule has 0 saturated heterocycles.